The highest BCUT2D eigenvalue weighted by Gasteiger charge is 2.62. The van der Waals surface area contributed by atoms with Gasteiger partial charge in [0.2, 0.25) is 0 Å². The molecule has 0 bridgehead atoms. The SMILES string of the molecule is Cc1ccccc1S(OS(=O)(=O)C(F)(F)F)(c1ccccc1C)C(F)(F)F. The molecule has 2 rings (SSSR count). The molecule has 0 unspecified atom stereocenters. The summed E-state index contributed by atoms with van der Waals surface area (Å²) in [6.45, 7) is 2.48. The summed E-state index contributed by atoms with van der Waals surface area (Å²) in [6, 6.07) is 9.46. The number of halogens is 6. The van der Waals surface area contributed by atoms with Crippen LogP contribution in [0.4, 0.5) is 26.3 Å². The Bertz CT molecular complexity index is 890. The molecule has 0 spiro atoms. The van der Waals surface area contributed by atoms with E-state index in [1.54, 1.807) is 0 Å². The molecular formula is C16H14F6O3S2. The van der Waals surface area contributed by atoms with Crippen molar-refractivity contribution in [1.82, 2.24) is 0 Å². The Balaban J connectivity index is 2.98. The maximum atomic E-state index is 14.3. The maximum absolute atomic E-state index is 14.3. The third kappa shape index (κ3) is 3.81. The molecule has 0 saturated carbocycles. The van der Waals surface area contributed by atoms with E-state index in [1.165, 1.54) is 50.2 Å². The molecule has 27 heavy (non-hydrogen) atoms. The van der Waals surface area contributed by atoms with E-state index in [0.717, 1.165) is 12.1 Å². The Labute approximate surface area is 153 Å². The average molecular weight is 432 g/mol. The first kappa shape index (κ1) is 21.6. The van der Waals surface area contributed by atoms with Crippen LogP contribution < -0.4 is 0 Å². The second kappa shape index (κ2) is 7.02. The van der Waals surface area contributed by atoms with Gasteiger partial charge >= 0.3 is 21.1 Å². The van der Waals surface area contributed by atoms with Crippen LogP contribution in [0.15, 0.2) is 58.3 Å². The summed E-state index contributed by atoms with van der Waals surface area (Å²) < 4.78 is 109. The number of hydrogen-bond acceptors (Lipinski definition) is 3. The number of rotatable bonds is 4. The fourth-order valence-corrected chi connectivity index (χ4v) is 7.01. The Morgan fingerprint density at radius 3 is 1.37 bits per heavy atom. The van der Waals surface area contributed by atoms with Crippen molar-refractivity contribution >= 4 is 20.4 Å². The van der Waals surface area contributed by atoms with Crippen LogP contribution in [-0.2, 0) is 13.7 Å². The van der Waals surface area contributed by atoms with E-state index in [9.17, 15) is 34.8 Å². The van der Waals surface area contributed by atoms with Gasteiger partial charge in [0.05, 0.1) is 0 Å². The first-order valence-corrected chi connectivity index (χ1v) is 10.2. The normalized spacial score (nSPS) is 14.2. The topological polar surface area (TPSA) is 43.4 Å². The lowest BCUT2D eigenvalue weighted by Gasteiger charge is -2.41. The number of hydrogen-bond donors (Lipinski definition) is 0. The molecule has 0 aliphatic heterocycles. The lowest BCUT2D eigenvalue weighted by molar-refractivity contribution is -0.0551. The Morgan fingerprint density at radius 1 is 0.704 bits per heavy atom. The molecule has 0 aliphatic carbocycles. The minimum Gasteiger partial charge on any atom is -0.196 e. The van der Waals surface area contributed by atoms with E-state index in [0.29, 0.717) is 0 Å². The highest BCUT2D eigenvalue weighted by atomic mass is 32.3. The third-order valence-electron chi connectivity index (χ3n) is 3.61. The van der Waals surface area contributed by atoms with Crippen LogP contribution in [0.3, 0.4) is 0 Å². The molecule has 0 atom stereocenters. The molecule has 150 valence electrons. The number of aryl methyl sites for hydroxylation is 2. The summed E-state index contributed by atoms with van der Waals surface area (Å²) >= 11 is 0. The van der Waals surface area contributed by atoms with E-state index < -0.39 is 41.2 Å². The van der Waals surface area contributed by atoms with Crippen LogP contribution in [0.2, 0.25) is 0 Å². The summed E-state index contributed by atoms with van der Waals surface area (Å²) in [4.78, 5) is -1.33. The van der Waals surface area contributed by atoms with Crippen LogP contribution in [0.25, 0.3) is 0 Å². The van der Waals surface area contributed by atoms with Gasteiger partial charge in [0, 0.05) is 20.1 Å². The molecule has 0 aromatic heterocycles. The zero-order chi connectivity index (χ0) is 20.7. The first-order valence-electron chi connectivity index (χ1n) is 7.27. The average Bonchev–Trinajstić information content (AvgIpc) is 2.52. The predicted octanol–water partition coefficient (Wildman–Crippen LogP) is 5.83. The lowest BCUT2D eigenvalue weighted by atomic mass is 10.2. The maximum Gasteiger partial charge on any atom is 0.523 e. The fraction of sp³-hybridized carbons (Fsp3) is 0.250. The second-order valence-electron chi connectivity index (χ2n) is 5.50. The quantitative estimate of drug-likeness (QED) is 0.451. The van der Waals surface area contributed by atoms with Crippen molar-refractivity contribution in [2.24, 2.45) is 0 Å². The largest absolute Gasteiger partial charge is 0.523 e. The molecule has 0 amide bonds. The van der Waals surface area contributed by atoms with Crippen molar-refractivity contribution in [3.63, 3.8) is 0 Å². The van der Waals surface area contributed by atoms with E-state index >= 15 is 0 Å². The van der Waals surface area contributed by atoms with Gasteiger partial charge in [0.25, 0.3) is 0 Å². The van der Waals surface area contributed by atoms with Crippen LogP contribution in [0.1, 0.15) is 11.1 Å². The molecule has 3 nitrogen and oxygen atoms in total. The Kier molecular flexibility index (Phi) is 5.61. The summed E-state index contributed by atoms with van der Waals surface area (Å²) in [5, 5.41) is 0. The molecule has 0 aliphatic rings. The molecule has 0 N–H and O–H groups in total. The van der Waals surface area contributed by atoms with Crippen molar-refractivity contribution < 1.29 is 38.4 Å². The van der Waals surface area contributed by atoms with Gasteiger partial charge in [-0.05, 0) is 37.1 Å². The second-order valence-corrected chi connectivity index (χ2v) is 9.87. The lowest BCUT2D eigenvalue weighted by Crippen LogP contribution is -2.33. The van der Waals surface area contributed by atoms with Gasteiger partial charge in [-0.1, -0.05) is 36.4 Å². The van der Waals surface area contributed by atoms with Crippen molar-refractivity contribution in [3.05, 3.63) is 59.7 Å². The minimum absolute atomic E-state index is 0.0505. The summed E-state index contributed by atoms with van der Waals surface area (Å²) in [5.41, 5.74) is -11.6. The molecule has 0 fully saturated rings. The molecular weight excluding hydrogens is 418 g/mol. The van der Waals surface area contributed by atoms with Gasteiger partial charge in [0.1, 0.15) is 0 Å². The van der Waals surface area contributed by atoms with Crippen LogP contribution in [0.5, 0.6) is 0 Å². The van der Waals surface area contributed by atoms with E-state index in [-0.39, 0.29) is 11.1 Å². The van der Waals surface area contributed by atoms with Gasteiger partial charge in [-0.15, -0.1) is 0 Å². The van der Waals surface area contributed by atoms with Gasteiger partial charge < -0.3 is 0 Å². The van der Waals surface area contributed by atoms with Gasteiger partial charge in [-0.3, -0.25) is 0 Å². The summed E-state index contributed by atoms with van der Waals surface area (Å²) in [6.07, 6.45) is 0. The van der Waals surface area contributed by atoms with Crippen molar-refractivity contribution in [2.75, 3.05) is 0 Å². The van der Waals surface area contributed by atoms with Crippen molar-refractivity contribution in [1.29, 1.82) is 0 Å². The smallest absolute Gasteiger partial charge is 0.196 e. The minimum atomic E-state index is -6.55. The highest BCUT2D eigenvalue weighted by Crippen LogP contribution is 2.75. The molecule has 2 aromatic carbocycles. The van der Waals surface area contributed by atoms with E-state index in [1.807, 2.05) is 0 Å². The molecule has 2 aromatic rings. The molecule has 0 radical (unpaired) electrons. The predicted molar refractivity (Wildman–Crippen MR) is 88.6 cm³/mol. The zero-order valence-corrected chi connectivity index (χ0v) is 15.6. The highest BCUT2D eigenvalue weighted by molar-refractivity contribution is 8.33. The summed E-state index contributed by atoms with van der Waals surface area (Å²) in [7, 11) is -11.6. The standard InChI is InChI=1S/C16H14F6O3S2/c1-11-7-3-5-9-13(11)26(15(17,18)19,14-10-6-4-8-12(14)2)25-27(23,24)16(20,21)22/h3-10H,1-2H3. The monoisotopic (exact) mass is 432 g/mol. The fourth-order valence-electron chi connectivity index (χ4n) is 2.41. The molecule has 11 heteroatoms. The Hall–Kier alpha value is -1.72. The zero-order valence-electron chi connectivity index (χ0n) is 13.9. The van der Waals surface area contributed by atoms with Gasteiger partial charge in [0.15, 0.2) is 0 Å². The van der Waals surface area contributed by atoms with Crippen molar-refractivity contribution in [3.8, 4) is 0 Å². The van der Waals surface area contributed by atoms with Crippen LogP contribution >= 0.6 is 10.3 Å². The molecule has 0 saturated heterocycles. The number of benzene rings is 2. The summed E-state index contributed by atoms with van der Waals surface area (Å²) in [5.74, 6) is 0. The first-order chi connectivity index (χ1) is 12.2. The van der Waals surface area contributed by atoms with Gasteiger partial charge in [-0.2, -0.15) is 38.4 Å². The van der Waals surface area contributed by atoms with E-state index in [4.69, 9.17) is 0 Å². The molecule has 0 heterocycles. The Morgan fingerprint density at radius 2 is 1.07 bits per heavy atom. The van der Waals surface area contributed by atoms with Crippen LogP contribution in [0, 0.1) is 13.8 Å². The van der Waals surface area contributed by atoms with Gasteiger partial charge in [-0.25, -0.2) is 0 Å². The third-order valence-corrected chi connectivity index (χ3v) is 8.51. The number of alkyl halides is 6. The van der Waals surface area contributed by atoms with E-state index in [2.05, 4.69) is 3.63 Å². The van der Waals surface area contributed by atoms with Crippen LogP contribution in [-0.4, -0.2) is 19.4 Å². The van der Waals surface area contributed by atoms with Crippen molar-refractivity contribution in [2.45, 2.75) is 34.7 Å².